The van der Waals surface area contributed by atoms with Crippen LogP contribution in [0.4, 0.5) is 0 Å². The third-order valence-electron chi connectivity index (χ3n) is 4.76. The van der Waals surface area contributed by atoms with Crippen LogP contribution in [0.2, 0.25) is 0 Å². The van der Waals surface area contributed by atoms with Gasteiger partial charge in [0, 0.05) is 19.6 Å². The topological polar surface area (TPSA) is 34.0 Å². The van der Waals surface area contributed by atoms with E-state index in [0.29, 0.717) is 0 Å². The van der Waals surface area contributed by atoms with Crippen LogP contribution in [0.1, 0.15) is 44.9 Å². The lowest BCUT2D eigenvalue weighted by molar-refractivity contribution is 0.128. The highest BCUT2D eigenvalue weighted by molar-refractivity contribution is 4.77. The normalized spacial score (nSPS) is 26.6. The van der Waals surface area contributed by atoms with Gasteiger partial charge >= 0.3 is 0 Å². The molecule has 1 aliphatic heterocycles. The third-order valence-corrected chi connectivity index (χ3v) is 4.76. The van der Waals surface area contributed by atoms with E-state index in [-0.39, 0.29) is 0 Å². The quantitative estimate of drug-likeness (QED) is 0.836. The molecule has 2 heterocycles. The van der Waals surface area contributed by atoms with Gasteiger partial charge in [-0.3, -0.25) is 4.68 Å². The first-order valence-electron chi connectivity index (χ1n) is 7.95. The van der Waals surface area contributed by atoms with Gasteiger partial charge in [0.1, 0.15) is 12.7 Å². The molecule has 0 radical (unpaired) electrons. The van der Waals surface area contributed by atoms with E-state index in [4.69, 9.17) is 0 Å². The standard InChI is InChI=1S/C15H26N4/c1-2-5-14(6-3-1)9-18-8-4-7-15(10-18)11-19-13-16-12-17-19/h12-15H,1-11H2. The monoisotopic (exact) mass is 262 g/mol. The van der Waals surface area contributed by atoms with Crippen molar-refractivity contribution in [3.8, 4) is 0 Å². The van der Waals surface area contributed by atoms with Crippen LogP contribution >= 0.6 is 0 Å². The second-order valence-corrected chi connectivity index (χ2v) is 6.39. The molecule has 3 rings (SSSR count). The summed E-state index contributed by atoms with van der Waals surface area (Å²) in [5.41, 5.74) is 0. The summed E-state index contributed by atoms with van der Waals surface area (Å²) in [5, 5.41) is 4.24. The molecule has 1 saturated heterocycles. The summed E-state index contributed by atoms with van der Waals surface area (Å²) in [6, 6.07) is 0. The molecule has 1 aromatic rings. The summed E-state index contributed by atoms with van der Waals surface area (Å²) < 4.78 is 1.99. The van der Waals surface area contributed by atoms with E-state index in [1.807, 2.05) is 11.0 Å². The van der Waals surface area contributed by atoms with E-state index in [0.717, 1.165) is 18.4 Å². The lowest BCUT2D eigenvalue weighted by atomic mass is 9.88. The molecule has 0 N–H and O–H groups in total. The van der Waals surface area contributed by atoms with Gasteiger partial charge in [0.05, 0.1) is 0 Å². The molecule has 1 aliphatic carbocycles. The molecule has 0 spiro atoms. The lowest BCUT2D eigenvalue weighted by Gasteiger charge is -2.36. The van der Waals surface area contributed by atoms with Crippen LogP contribution in [-0.4, -0.2) is 39.3 Å². The zero-order chi connectivity index (χ0) is 12.9. The van der Waals surface area contributed by atoms with E-state index in [9.17, 15) is 0 Å². The van der Waals surface area contributed by atoms with Crippen LogP contribution in [0.5, 0.6) is 0 Å². The Morgan fingerprint density at radius 3 is 2.58 bits per heavy atom. The van der Waals surface area contributed by atoms with E-state index >= 15 is 0 Å². The van der Waals surface area contributed by atoms with Crippen molar-refractivity contribution < 1.29 is 0 Å². The van der Waals surface area contributed by atoms with E-state index < -0.39 is 0 Å². The fourth-order valence-electron chi connectivity index (χ4n) is 3.79. The van der Waals surface area contributed by atoms with Crippen molar-refractivity contribution >= 4 is 0 Å². The number of rotatable bonds is 4. The summed E-state index contributed by atoms with van der Waals surface area (Å²) in [5.74, 6) is 1.73. The zero-order valence-electron chi connectivity index (χ0n) is 11.9. The second kappa shape index (κ2) is 6.51. The predicted molar refractivity (Wildman–Crippen MR) is 75.8 cm³/mol. The van der Waals surface area contributed by atoms with Crippen LogP contribution in [0, 0.1) is 11.8 Å². The van der Waals surface area contributed by atoms with Crippen molar-refractivity contribution in [1.82, 2.24) is 19.7 Å². The Morgan fingerprint density at radius 2 is 1.79 bits per heavy atom. The molecule has 4 nitrogen and oxygen atoms in total. The van der Waals surface area contributed by atoms with Crippen molar-refractivity contribution in [1.29, 1.82) is 0 Å². The van der Waals surface area contributed by atoms with Gasteiger partial charge in [-0.05, 0) is 44.1 Å². The van der Waals surface area contributed by atoms with Gasteiger partial charge in [0.15, 0.2) is 0 Å². The number of nitrogens with zero attached hydrogens (tertiary/aromatic N) is 4. The average Bonchev–Trinajstić information content (AvgIpc) is 2.93. The molecule has 0 bridgehead atoms. The summed E-state index contributed by atoms with van der Waals surface area (Å²) in [6.45, 7) is 4.95. The zero-order valence-corrected chi connectivity index (χ0v) is 11.9. The van der Waals surface area contributed by atoms with Crippen molar-refractivity contribution in [3.63, 3.8) is 0 Å². The van der Waals surface area contributed by atoms with E-state index in [1.165, 1.54) is 64.6 Å². The minimum Gasteiger partial charge on any atom is -0.303 e. The average molecular weight is 262 g/mol. The highest BCUT2D eigenvalue weighted by atomic mass is 15.3. The highest BCUT2D eigenvalue weighted by Gasteiger charge is 2.23. The van der Waals surface area contributed by atoms with Gasteiger partial charge in [-0.25, -0.2) is 4.98 Å². The molecule has 0 amide bonds. The van der Waals surface area contributed by atoms with Crippen LogP contribution in [0.25, 0.3) is 0 Å². The molecule has 1 aromatic heterocycles. The van der Waals surface area contributed by atoms with Crippen molar-refractivity contribution in [3.05, 3.63) is 12.7 Å². The highest BCUT2D eigenvalue weighted by Crippen LogP contribution is 2.26. The molecular weight excluding hydrogens is 236 g/mol. The number of hydrogen-bond donors (Lipinski definition) is 0. The molecule has 1 unspecified atom stereocenters. The maximum atomic E-state index is 4.24. The predicted octanol–water partition coefficient (Wildman–Crippen LogP) is 2.57. The smallest absolute Gasteiger partial charge is 0.137 e. The Kier molecular flexibility index (Phi) is 4.49. The van der Waals surface area contributed by atoms with Gasteiger partial charge in [0.2, 0.25) is 0 Å². The van der Waals surface area contributed by atoms with Gasteiger partial charge in [-0.2, -0.15) is 5.10 Å². The van der Waals surface area contributed by atoms with Crippen LogP contribution in [-0.2, 0) is 6.54 Å². The molecule has 2 aliphatic rings. The van der Waals surface area contributed by atoms with E-state index in [2.05, 4.69) is 15.0 Å². The summed E-state index contributed by atoms with van der Waals surface area (Å²) in [4.78, 5) is 6.75. The lowest BCUT2D eigenvalue weighted by Crippen LogP contribution is -2.40. The molecule has 1 saturated carbocycles. The molecule has 4 heteroatoms. The first-order chi connectivity index (χ1) is 9.40. The van der Waals surface area contributed by atoms with Crippen molar-refractivity contribution in [2.75, 3.05) is 19.6 Å². The summed E-state index contributed by atoms with van der Waals surface area (Å²) in [7, 11) is 0. The maximum Gasteiger partial charge on any atom is 0.137 e. The van der Waals surface area contributed by atoms with Crippen molar-refractivity contribution in [2.45, 2.75) is 51.5 Å². The summed E-state index contributed by atoms with van der Waals surface area (Å²) in [6.07, 6.45) is 13.5. The maximum absolute atomic E-state index is 4.24. The first kappa shape index (κ1) is 13.1. The van der Waals surface area contributed by atoms with Gasteiger partial charge in [-0.15, -0.1) is 0 Å². The Labute approximate surface area is 116 Å². The Hall–Kier alpha value is -0.900. The number of aromatic nitrogens is 3. The molecule has 106 valence electrons. The van der Waals surface area contributed by atoms with Gasteiger partial charge in [-0.1, -0.05) is 19.3 Å². The summed E-state index contributed by atoms with van der Waals surface area (Å²) >= 11 is 0. The molecule has 1 atom stereocenters. The van der Waals surface area contributed by atoms with E-state index in [1.54, 1.807) is 6.33 Å². The molecule has 0 aromatic carbocycles. The fourth-order valence-corrected chi connectivity index (χ4v) is 3.79. The molecule has 2 fully saturated rings. The SMILES string of the molecule is c1ncn(CC2CCCN(CC3CCCCC3)C2)n1. The van der Waals surface area contributed by atoms with Gasteiger partial charge in [0.25, 0.3) is 0 Å². The molecule has 19 heavy (non-hydrogen) atoms. The number of piperidine rings is 1. The number of hydrogen-bond acceptors (Lipinski definition) is 3. The van der Waals surface area contributed by atoms with Crippen molar-refractivity contribution in [2.24, 2.45) is 11.8 Å². The largest absolute Gasteiger partial charge is 0.303 e. The second-order valence-electron chi connectivity index (χ2n) is 6.39. The third kappa shape index (κ3) is 3.78. The Morgan fingerprint density at radius 1 is 0.947 bits per heavy atom. The number of likely N-dealkylation sites (tertiary alicyclic amines) is 1. The van der Waals surface area contributed by atoms with Crippen LogP contribution in [0.3, 0.4) is 0 Å². The van der Waals surface area contributed by atoms with Crippen LogP contribution in [0.15, 0.2) is 12.7 Å². The van der Waals surface area contributed by atoms with Gasteiger partial charge < -0.3 is 4.90 Å². The Bertz CT molecular complexity index is 356. The minimum atomic E-state index is 0.763. The fraction of sp³-hybridized carbons (Fsp3) is 0.867. The first-order valence-corrected chi connectivity index (χ1v) is 7.95. The Balaban J connectivity index is 1.47. The minimum absolute atomic E-state index is 0.763. The van der Waals surface area contributed by atoms with Crippen LogP contribution < -0.4 is 0 Å². The molecular formula is C15H26N4.